The van der Waals surface area contributed by atoms with E-state index < -0.39 is 17.9 Å². The van der Waals surface area contributed by atoms with Crippen LogP contribution in [0.15, 0.2) is 24.0 Å². The zero-order chi connectivity index (χ0) is 13.1. The van der Waals surface area contributed by atoms with E-state index in [2.05, 4.69) is 5.32 Å². The van der Waals surface area contributed by atoms with Gasteiger partial charge in [0.2, 0.25) is 0 Å². The van der Waals surface area contributed by atoms with Gasteiger partial charge >= 0.3 is 6.09 Å². The van der Waals surface area contributed by atoms with Gasteiger partial charge in [0, 0.05) is 6.54 Å². The quantitative estimate of drug-likeness (QED) is 0.767. The smallest absolute Gasteiger partial charge is 0.417 e. The molecule has 1 atom stereocenters. The Balaban J connectivity index is 2.82. The molecule has 1 aliphatic heterocycles. The average molecular weight is 239 g/mol. The van der Waals surface area contributed by atoms with Crippen molar-refractivity contribution >= 4 is 6.09 Å². The van der Waals surface area contributed by atoms with Crippen molar-refractivity contribution in [1.82, 2.24) is 10.2 Å². The standard InChI is InChI=1S/C12H21N3O2/c1-5-14-10-8-6-7-9(13)15(10)11(16)17-12(2,3)4/h6-9,14H,5,13H2,1-4H3. The van der Waals surface area contributed by atoms with Gasteiger partial charge in [-0.1, -0.05) is 6.08 Å². The summed E-state index contributed by atoms with van der Waals surface area (Å²) in [5, 5.41) is 3.09. The Kier molecular flexibility index (Phi) is 4.17. The molecule has 3 N–H and O–H groups in total. The lowest BCUT2D eigenvalue weighted by Gasteiger charge is -2.33. The number of nitrogens with one attached hydrogen (secondary N) is 1. The first-order chi connectivity index (χ1) is 7.85. The zero-order valence-electron chi connectivity index (χ0n) is 10.9. The molecule has 1 heterocycles. The van der Waals surface area contributed by atoms with Gasteiger partial charge in [-0.2, -0.15) is 0 Å². The van der Waals surface area contributed by atoms with E-state index in [0.29, 0.717) is 12.4 Å². The Morgan fingerprint density at radius 1 is 1.59 bits per heavy atom. The summed E-state index contributed by atoms with van der Waals surface area (Å²) in [6.45, 7) is 8.15. The van der Waals surface area contributed by atoms with E-state index in [0.717, 1.165) is 0 Å². The Hall–Kier alpha value is -1.49. The van der Waals surface area contributed by atoms with Crippen LogP contribution in [0.3, 0.4) is 0 Å². The second-order valence-corrected chi connectivity index (χ2v) is 4.81. The molecule has 0 aliphatic carbocycles. The Bertz CT molecular complexity index is 342. The number of nitrogens with two attached hydrogens (primary N) is 1. The number of nitrogens with zero attached hydrogens (tertiary/aromatic N) is 1. The van der Waals surface area contributed by atoms with E-state index in [4.69, 9.17) is 10.5 Å². The van der Waals surface area contributed by atoms with Crippen molar-refractivity contribution in [3.05, 3.63) is 24.0 Å². The molecular weight excluding hydrogens is 218 g/mol. The van der Waals surface area contributed by atoms with Gasteiger partial charge in [0.1, 0.15) is 17.6 Å². The molecular formula is C12H21N3O2. The number of carbonyl (C=O) groups is 1. The van der Waals surface area contributed by atoms with Crippen molar-refractivity contribution in [3.8, 4) is 0 Å². The van der Waals surface area contributed by atoms with Crippen molar-refractivity contribution in [2.45, 2.75) is 39.5 Å². The summed E-state index contributed by atoms with van der Waals surface area (Å²) in [5.41, 5.74) is 5.34. The summed E-state index contributed by atoms with van der Waals surface area (Å²) in [7, 11) is 0. The topological polar surface area (TPSA) is 67.6 Å². The molecule has 1 amide bonds. The summed E-state index contributed by atoms with van der Waals surface area (Å²) in [6, 6.07) is 0. The lowest BCUT2D eigenvalue weighted by Crippen LogP contribution is -2.50. The third kappa shape index (κ3) is 3.78. The molecule has 5 nitrogen and oxygen atoms in total. The van der Waals surface area contributed by atoms with Crippen molar-refractivity contribution < 1.29 is 9.53 Å². The highest BCUT2D eigenvalue weighted by molar-refractivity contribution is 5.71. The summed E-state index contributed by atoms with van der Waals surface area (Å²) >= 11 is 0. The first-order valence-electron chi connectivity index (χ1n) is 5.75. The van der Waals surface area contributed by atoms with Crippen LogP contribution in [0.25, 0.3) is 0 Å². The van der Waals surface area contributed by atoms with E-state index in [1.165, 1.54) is 4.90 Å². The van der Waals surface area contributed by atoms with Gasteiger partial charge in [-0.05, 0) is 39.8 Å². The monoisotopic (exact) mass is 239 g/mol. The third-order valence-corrected chi connectivity index (χ3v) is 2.07. The van der Waals surface area contributed by atoms with Gasteiger partial charge < -0.3 is 15.8 Å². The highest BCUT2D eigenvalue weighted by Crippen LogP contribution is 2.16. The maximum Gasteiger partial charge on any atom is 0.417 e. The van der Waals surface area contributed by atoms with Crippen LogP contribution in [0.2, 0.25) is 0 Å². The van der Waals surface area contributed by atoms with Crippen LogP contribution in [0.4, 0.5) is 4.79 Å². The van der Waals surface area contributed by atoms with Crippen LogP contribution in [-0.4, -0.2) is 29.3 Å². The minimum absolute atomic E-state index is 0.443. The summed E-state index contributed by atoms with van der Waals surface area (Å²) in [4.78, 5) is 13.4. The Morgan fingerprint density at radius 2 is 2.24 bits per heavy atom. The molecule has 0 spiro atoms. The van der Waals surface area contributed by atoms with Crippen molar-refractivity contribution in [3.63, 3.8) is 0 Å². The van der Waals surface area contributed by atoms with Crippen LogP contribution in [-0.2, 0) is 4.74 Å². The molecule has 0 fully saturated rings. The molecule has 0 saturated carbocycles. The second kappa shape index (κ2) is 5.23. The summed E-state index contributed by atoms with van der Waals surface area (Å²) in [6.07, 6.45) is 4.43. The first-order valence-corrected chi connectivity index (χ1v) is 5.75. The largest absolute Gasteiger partial charge is 0.443 e. The van der Waals surface area contributed by atoms with E-state index in [-0.39, 0.29) is 0 Å². The molecule has 0 aromatic rings. The minimum Gasteiger partial charge on any atom is -0.443 e. The van der Waals surface area contributed by atoms with Crippen LogP contribution in [0.1, 0.15) is 27.7 Å². The molecule has 17 heavy (non-hydrogen) atoms. The van der Waals surface area contributed by atoms with Gasteiger partial charge in [0.15, 0.2) is 0 Å². The van der Waals surface area contributed by atoms with Gasteiger partial charge in [0.25, 0.3) is 0 Å². The zero-order valence-corrected chi connectivity index (χ0v) is 10.9. The number of carbonyl (C=O) groups excluding carboxylic acids is 1. The molecule has 0 aromatic heterocycles. The van der Waals surface area contributed by atoms with Gasteiger partial charge in [-0.25, -0.2) is 9.69 Å². The van der Waals surface area contributed by atoms with Gasteiger partial charge in [0.05, 0.1) is 0 Å². The second-order valence-electron chi connectivity index (χ2n) is 4.81. The molecule has 96 valence electrons. The summed E-state index contributed by atoms with van der Waals surface area (Å²) < 4.78 is 5.32. The van der Waals surface area contributed by atoms with E-state index in [9.17, 15) is 4.79 Å². The highest BCUT2D eigenvalue weighted by Gasteiger charge is 2.29. The van der Waals surface area contributed by atoms with E-state index in [1.54, 1.807) is 12.2 Å². The number of allylic oxidation sites excluding steroid dienone is 2. The molecule has 1 rings (SSSR count). The summed E-state index contributed by atoms with van der Waals surface area (Å²) in [5.74, 6) is 0.664. The number of amides is 1. The predicted molar refractivity (Wildman–Crippen MR) is 66.9 cm³/mol. The van der Waals surface area contributed by atoms with Gasteiger partial charge in [-0.3, -0.25) is 0 Å². The lowest BCUT2D eigenvalue weighted by atomic mass is 10.2. The first kappa shape index (κ1) is 13.6. The fourth-order valence-corrected chi connectivity index (χ4v) is 1.44. The highest BCUT2D eigenvalue weighted by atomic mass is 16.6. The van der Waals surface area contributed by atoms with Gasteiger partial charge in [-0.15, -0.1) is 0 Å². The Labute approximate surface area is 102 Å². The maximum atomic E-state index is 12.0. The maximum absolute atomic E-state index is 12.0. The minimum atomic E-state index is -0.532. The molecule has 1 aliphatic rings. The predicted octanol–water partition coefficient (Wildman–Crippen LogP) is 1.53. The van der Waals surface area contributed by atoms with E-state index in [1.807, 2.05) is 33.8 Å². The third-order valence-electron chi connectivity index (χ3n) is 2.07. The number of hydrogen-bond acceptors (Lipinski definition) is 4. The molecule has 0 aromatic carbocycles. The molecule has 0 saturated heterocycles. The molecule has 5 heteroatoms. The molecule has 0 radical (unpaired) electrons. The van der Waals surface area contributed by atoms with Crippen LogP contribution in [0, 0.1) is 0 Å². The fourth-order valence-electron chi connectivity index (χ4n) is 1.44. The van der Waals surface area contributed by atoms with Crippen molar-refractivity contribution in [2.24, 2.45) is 5.73 Å². The SMILES string of the molecule is CCNC1=CC=CC(N)N1C(=O)OC(C)(C)C. The molecule has 1 unspecified atom stereocenters. The van der Waals surface area contributed by atoms with Crippen LogP contribution in [0.5, 0.6) is 0 Å². The lowest BCUT2D eigenvalue weighted by molar-refractivity contribution is 0.0259. The van der Waals surface area contributed by atoms with E-state index >= 15 is 0 Å². The molecule has 0 bridgehead atoms. The van der Waals surface area contributed by atoms with Crippen LogP contribution >= 0.6 is 0 Å². The van der Waals surface area contributed by atoms with Crippen LogP contribution < -0.4 is 11.1 Å². The van der Waals surface area contributed by atoms with Crippen molar-refractivity contribution in [2.75, 3.05) is 6.54 Å². The fraction of sp³-hybridized carbons (Fsp3) is 0.583. The van der Waals surface area contributed by atoms with Crippen molar-refractivity contribution in [1.29, 1.82) is 0 Å². The Morgan fingerprint density at radius 3 is 2.76 bits per heavy atom. The number of hydrogen-bond donors (Lipinski definition) is 2. The number of rotatable bonds is 2. The average Bonchev–Trinajstić information content (AvgIpc) is 2.15. The number of ether oxygens (including phenoxy) is 1. The normalized spacial score (nSPS) is 19.9.